The lowest BCUT2D eigenvalue weighted by molar-refractivity contribution is -0.125. The van der Waals surface area contributed by atoms with Gasteiger partial charge in [-0.3, -0.25) is 4.79 Å². The van der Waals surface area contributed by atoms with Gasteiger partial charge in [-0.1, -0.05) is 11.8 Å². The first-order chi connectivity index (χ1) is 9.78. The standard InChI is InChI=1S/C15H19NO3S/c17-8-3-5-13-6-7-14(20-13)11-16-15(18)10-12-4-1-2-9-19-12/h6-7,12,17H,1-2,4,8-11H2,(H,16,18). The minimum absolute atomic E-state index is 0.0355. The summed E-state index contributed by atoms with van der Waals surface area (Å²) in [5, 5.41) is 11.5. The summed E-state index contributed by atoms with van der Waals surface area (Å²) < 4.78 is 5.55. The molecule has 1 aliphatic heterocycles. The Morgan fingerprint density at radius 2 is 2.40 bits per heavy atom. The van der Waals surface area contributed by atoms with Gasteiger partial charge in [0.05, 0.1) is 23.9 Å². The van der Waals surface area contributed by atoms with Crippen molar-refractivity contribution in [1.82, 2.24) is 5.32 Å². The Hall–Kier alpha value is -1.35. The molecule has 2 heterocycles. The Morgan fingerprint density at radius 1 is 1.50 bits per heavy atom. The molecule has 2 rings (SSSR count). The Bertz CT molecular complexity index is 495. The highest BCUT2D eigenvalue weighted by Crippen LogP contribution is 2.17. The van der Waals surface area contributed by atoms with Crippen molar-refractivity contribution in [1.29, 1.82) is 0 Å². The van der Waals surface area contributed by atoms with E-state index in [2.05, 4.69) is 17.2 Å². The molecule has 0 aliphatic carbocycles. The second-order valence-corrected chi connectivity index (χ2v) is 5.86. The van der Waals surface area contributed by atoms with Gasteiger partial charge in [0.25, 0.3) is 0 Å². The van der Waals surface area contributed by atoms with E-state index in [1.165, 1.54) is 11.3 Å². The zero-order valence-electron chi connectivity index (χ0n) is 11.4. The summed E-state index contributed by atoms with van der Waals surface area (Å²) in [4.78, 5) is 13.8. The maximum Gasteiger partial charge on any atom is 0.222 e. The molecular formula is C15H19NO3S. The average Bonchev–Trinajstić information content (AvgIpc) is 2.92. The number of carbonyl (C=O) groups excluding carboxylic acids is 1. The van der Waals surface area contributed by atoms with Crippen LogP contribution in [-0.2, 0) is 16.1 Å². The molecule has 1 atom stereocenters. The van der Waals surface area contributed by atoms with E-state index in [9.17, 15) is 4.79 Å². The van der Waals surface area contributed by atoms with E-state index in [0.717, 1.165) is 35.6 Å². The molecule has 2 N–H and O–H groups in total. The van der Waals surface area contributed by atoms with Crippen molar-refractivity contribution < 1.29 is 14.6 Å². The zero-order valence-corrected chi connectivity index (χ0v) is 12.2. The first kappa shape index (κ1) is 15.0. The van der Waals surface area contributed by atoms with Crippen LogP contribution in [0.4, 0.5) is 0 Å². The molecule has 20 heavy (non-hydrogen) atoms. The Kier molecular flexibility index (Phi) is 6.06. The third-order valence-electron chi connectivity index (χ3n) is 3.10. The number of aliphatic hydroxyl groups excluding tert-OH is 1. The van der Waals surface area contributed by atoms with Crippen molar-refractivity contribution in [2.75, 3.05) is 13.2 Å². The van der Waals surface area contributed by atoms with Crippen molar-refractivity contribution in [3.63, 3.8) is 0 Å². The molecule has 1 saturated heterocycles. The normalized spacial score (nSPS) is 18.1. The number of rotatable bonds is 4. The van der Waals surface area contributed by atoms with Gasteiger partial charge in [-0.25, -0.2) is 0 Å². The lowest BCUT2D eigenvalue weighted by atomic mass is 10.1. The molecule has 0 spiro atoms. The molecule has 1 fully saturated rings. The number of hydrogen-bond acceptors (Lipinski definition) is 4. The molecule has 1 aromatic rings. The summed E-state index contributed by atoms with van der Waals surface area (Å²) in [5.41, 5.74) is 0. The molecule has 5 heteroatoms. The van der Waals surface area contributed by atoms with E-state index in [4.69, 9.17) is 9.84 Å². The number of aliphatic hydroxyl groups is 1. The topological polar surface area (TPSA) is 58.6 Å². The van der Waals surface area contributed by atoms with Crippen LogP contribution in [0.1, 0.15) is 35.4 Å². The number of amides is 1. The molecule has 108 valence electrons. The van der Waals surface area contributed by atoms with E-state index in [1.807, 2.05) is 12.1 Å². The minimum Gasteiger partial charge on any atom is -0.384 e. The molecule has 0 aromatic carbocycles. The number of carbonyl (C=O) groups is 1. The summed E-state index contributed by atoms with van der Waals surface area (Å²) >= 11 is 1.53. The summed E-state index contributed by atoms with van der Waals surface area (Å²) in [5.74, 6) is 5.50. The first-order valence-corrected chi connectivity index (χ1v) is 7.66. The summed E-state index contributed by atoms with van der Waals surface area (Å²) in [6.45, 7) is 1.16. The van der Waals surface area contributed by atoms with Crippen LogP contribution < -0.4 is 5.32 Å². The largest absolute Gasteiger partial charge is 0.384 e. The Balaban J connectivity index is 1.73. The highest BCUT2D eigenvalue weighted by Gasteiger charge is 2.17. The monoisotopic (exact) mass is 293 g/mol. The molecule has 0 bridgehead atoms. The van der Waals surface area contributed by atoms with E-state index in [0.29, 0.717) is 13.0 Å². The molecule has 1 aromatic heterocycles. The van der Waals surface area contributed by atoms with Crippen molar-refractivity contribution >= 4 is 17.2 Å². The quantitative estimate of drug-likeness (QED) is 0.830. The van der Waals surface area contributed by atoms with Gasteiger partial charge in [-0.05, 0) is 31.4 Å². The van der Waals surface area contributed by atoms with Crippen LogP contribution in [0.25, 0.3) is 0 Å². The fourth-order valence-electron chi connectivity index (χ4n) is 2.10. The number of ether oxygens (including phenoxy) is 1. The first-order valence-electron chi connectivity index (χ1n) is 6.84. The lowest BCUT2D eigenvalue weighted by Crippen LogP contribution is -2.29. The maximum absolute atomic E-state index is 11.8. The van der Waals surface area contributed by atoms with Gasteiger partial charge in [-0.15, -0.1) is 11.3 Å². The smallest absolute Gasteiger partial charge is 0.222 e. The van der Waals surface area contributed by atoms with Gasteiger partial charge in [0.2, 0.25) is 5.91 Å². The molecule has 4 nitrogen and oxygen atoms in total. The number of thiophene rings is 1. The van der Waals surface area contributed by atoms with Crippen molar-refractivity contribution in [2.45, 2.75) is 38.3 Å². The number of nitrogens with one attached hydrogen (secondary N) is 1. The van der Waals surface area contributed by atoms with Crippen molar-refractivity contribution in [3.05, 3.63) is 21.9 Å². The fraction of sp³-hybridized carbons (Fsp3) is 0.533. The third-order valence-corrected chi connectivity index (χ3v) is 4.10. The van der Waals surface area contributed by atoms with Crippen molar-refractivity contribution in [3.8, 4) is 11.8 Å². The molecule has 0 saturated carbocycles. The molecule has 1 aliphatic rings. The highest BCUT2D eigenvalue weighted by atomic mass is 32.1. The Labute approximate surface area is 123 Å². The van der Waals surface area contributed by atoms with Gasteiger partial charge >= 0.3 is 0 Å². The highest BCUT2D eigenvalue weighted by molar-refractivity contribution is 7.12. The van der Waals surface area contributed by atoms with Gasteiger partial charge in [-0.2, -0.15) is 0 Å². The van der Waals surface area contributed by atoms with Crippen LogP contribution in [0.5, 0.6) is 0 Å². The predicted octanol–water partition coefficient (Wildman–Crippen LogP) is 1.67. The second-order valence-electron chi connectivity index (χ2n) is 4.70. The van der Waals surface area contributed by atoms with Crippen LogP contribution in [0, 0.1) is 11.8 Å². The van der Waals surface area contributed by atoms with Gasteiger partial charge in [0.15, 0.2) is 0 Å². The predicted molar refractivity (Wildman–Crippen MR) is 78.3 cm³/mol. The molecule has 1 unspecified atom stereocenters. The molecule has 0 radical (unpaired) electrons. The zero-order chi connectivity index (χ0) is 14.2. The van der Waals surface area contributed by atoms with E-state index < -0.39 is 0 Å². The van der Waals surface area contributed by atoms with Gasteiger partial charge in [0.1, 0.15) is 6.61 Å². The summed E-state index contributed by atoms with van der Waals surface area (Å²) in [7, 11) is 0. The second kappa shape index (κ2) is 8.05. The lowest BCUT2D eigenvalue weighted by Gasteiger charge is -2.21. The third kappa shape index (κ3) is 4.97. The van der Waals surface area contributed by atoms with Gasteiger partial charge < -0.3 is 15.2 Å². The van der Waals surface area contributed by atoms with Crippen LogP contribution in [0.15, 0.2) is 12.1 Å². The van der Waals surface area contributed by atoms with Crippen molar-refractivity contribution in [2.24, 2.45) is 0 Å². The van der Waals surface area contributed by atoms with E-state index in [1.54, 1.807) is 0 Å². The molecular weight excluding hydrogens is 274 g/mol. The van der Waals surface area contributed by atoms with Gasteiger partial charge in [0, 0.05) is 11.5 Å². The Morgan fingerprint density at radius 3 is 3.15 bits per heavy atom. The SMILES string of the molecule is O=C(CC1CCCCO1)NCc1ccc(C#CCO)s1. The maximum atomic E-state index is 11.8. The fourth-order valence-corrected chi connectivity index (χ4v) is 2.92. The molecule has 1 amide bonds. The number of hydrogen-bond donors (Lipinski definition) is 2. The van der Waals surface area contributed by atoms with Crippen LogP contribution in [0.2, 0.25) is 0 Å². The van der Waals surface area contributed by atoms with Crippen LogP contribution in [0.3, 0.4) is 0 Å². The van der Waals surface area contributed by atoms with Crippen LogP contribution >= 0.6 is 11.3 Å². The minimum atomic E-state index is -0.134. The van der Waals surface area contributed by atoms with E-state index >= 15 is 0 Å². The summed E-state index contributed by atoms with van der Waals surface area (Å²) in [6.07, 6.45) is 3.76. The van der Waals surface area contributed by atoms with E-state index in [-0.39, 0.29) is 18.6 Å². The average molecular weight is 293 g/mol. The van der Waals surface area contributed by atoms with Crippen LogP contribution in [-0.4, -0.2) is 30.3 Å². The summed E-state index contributed by atoms with van der Waals surface area (Å²) in [6, 6.07) is 3.85.